The van der Waals surface area contributed by atoms with Gasteiger partial charge in [0.05, 0.1) is 11.2 Å². The standard InChI is InChI=1S/C12H8Cl3NO/c1-7-4-9(6-16-12(7)15)17-11-3-2-8(13)5-10(11)14/h2-6H,1H3. The van der Waals surface area contributed by atoms with Gasteiger partial charge < -0.3 is 4.74 Å². The van der Waals surface area contributed by atoms with Crippen molar-refractivity contribution >= 4 is 34.8 Å². The lowest BCUT2D eigenvalue weighted by Crippen LogP contribution is -1.88. The second kappa shape index (κ2) is 5.13. The second-order valence-corrected chi connectivity index (χ2v) is 4.66. The predicted octanol–water partition coefficient (Wildman–Crippen LogP) is 5.14. The van der Waals surface area contributed by atoms with Crippen molar-refractivity contribution in [1.82, 2.24) is 4.98 Å². The summed E-state index contributed by atoms with van der Waals surface area (Å²) in [5.74, 6) is 1.11. The van der Waals surface area contributed by atoms with E-state index in [0.717, 1.165) is 5.56 Å². The van der Waals surface area contributed by atoms with E-state index in [1.165, 1.54) is 0 Å². The highest BCUT2D eigenvalue weighted by molar-refractivity contribution is 6.35. The third kappa shape index (κ3) is 3.03. The molecular formula is C12H8Cl3NO. The van der Waals surface area contributed by atoms with Crippen LogP contribution in [0.2, 0.25) is 15.2 Å². The number of halogens is 3. The minimum Gasteiger partial charge on any atom is -0.454 e. The lowest BCUT2D eigenvalue weighted by molar-refractivity contribution is 0.480. The molecule has 0 unspecified atom stereocenters. The van der Waals surface area contributed by atoms with Crippen molar-refractivity contribution in [3.8, 4) is 11.5 Å². The van der Waals surface area contributed by atoms with E-state index in [-0.39, 0.29) is 0 Å². The van der Waals surface area contributed by atoms with Crippen LogP contribution in [0.4, 0.5) is 0 Å². The molecule has 0 bridgehead atoms. The van der Waals surface area contributed by atoms with Crippen LogP contribution in [0.25, 0.3) is 0 Å². The van der Waals surface area contributed by atoms with Gasteiger partial charge in [0, 0.05) is 5.02 Å². The molecule has 5 heteroatoms. The maximum absolute atomic E-state index is 5.99. The molecule has 1 heterocycles. The van der Waals surface area contributed by atoms with Crippen molar-refractivity contribution < 1.29 is 4.74 Å². The van der Waals surface area contributed by atoms with E-state index in [0.29, 0.717) is 26.7 Å². The number of aryl methyl sites for hydroxylation is 1. The van der Waals surface area contributed by atoms with E-state index in [9.17, 15) is 0 Å². The number of pyridine rings is 1. The first-order chi connectivity index (χ1) is 8.06. The summed E-state index contributed by atoms with van der Waals surface area (Å²) in [5, 5.41) is 1.47. The molecule has 0 atom stereocenters. The van der Waals surface area contributed by atoms with Gasteiger partial charge in [-0.3, -0.25) is 0 Å². The number of benzene rings is 1. The summed E-state index contributed by atoms with van der Waals surface area (Å²) >= 11 is 17.6. The van der Waals surface area contributed by atoms with Crippen molar-refractivity contribution in [3.63, 3.8) is 0 Å². The number of hydrogen-bond acceptors (Lipinski definition) is 2. The zero-order chi connectivity index (χ0) is 12.4. The Labute approximate surface area is 114 Å². The van der Waals surface area contributed by atoms with Crippen LogP contribution in [-0.4, -0.2) is 4.98 Å². The fourth-order valence-corrected chi connectivity index (χ4v) is 1.82. The van der Waals surface area contributed by atoms with Crippen molar-refractivity contribution in [2.24, 2.45) is 0 Å². The molecule has 0 radical (unpaired) electrons. The molecule has 0 aliphatic heterocycles. The molecule has 0 fully saturated rings. The fourth-order valence-electron chi connectivity index (χ4n) is 1.27. The molecule has 2 aromatic rings. The van der Waals surface area contributed by atoms with Gasteiger partial charge in [-0.15, -0.1) is 0 Å². The molecule has 17 heavy (non-hydrogen) atoms. The molecule has 1 aromatic carbocycles. The van der Waals surface area contributed by atoms with E-state index in [2.05, 4.69) is 4.98 Å². The Bertz CT molecular complexity index is 557. The zero-order valence-corrected chi connectivity index (χ0v) is 11.1. The van der Waals surface area contributed by atoms with Crippen LogP contribution in [0.5, 0.6) is 11.5 Å². The SMILES string of the molecule is Cc1cc(Oc2ccc(Cl)cc2Cl)cnc1Cl. The molecule has 0 aliphatic carbocycles. The Hall–Kier alpha value is -0.960. The Morgan fingerprint density at radius 3 is 2.53 bits per heavy atom. The first kappa shape index (κ1) is 12.5. The molecule has 0 saturated heterocycles. The lowest BCUT2D eigenvalue weighted by Gasteiger charge is -2.08. The van der Waals surface area contributed by atoms with Gasteiger partial charge in [-0.05, 0) is 36.8 Å². The molecule has 0 saturated carbocycles. The number of ether oxygens (including phenoxy) is 1. The van der Waals surface area contributed by atoms with Crippen molar-refractivity contribution in [3.05, 3.63) is 51.2 Å². The van der Waals surface area contributed by atoms with Gasteiger partial charge in [0.25, 0.3) is 0 Å². The van der Waals surface area contributed by atoms with Gasteiger partial charge in [-0.1, -0.05) is 34.8 Å². The molecule has 0 spiro atoms. The summed E-state index contributed by atoms with van der Waals surface area (Å²) in [6.45, 7) is 1.85. The van der Waals surface area contributed by atoms with E-state index >= 15 is 0 Å². The quantitative estimate of drug-likeness (QED) is 0.714. The van der Waals surface area contributed by atoms with Gasteiger partial charge in [-0.2, -0.15) is 0 Å². The minimum atomic E-state index is 0.449. The molecule has 0 amide bonds. The highest BCUT2D eigenvalue weighted by Gasteiger charge is 2.05. The van der Waals surface area contributed by atoms with Crippen LogP contribution < -0.4 is 4.74 Å². The lowest BCUT2D eigenvalue weighted by atomic mass is 10.3. The van der Waals surface area contributed by atoms with Crippen LogP contribution >= 0.6 is 34.8 Å². The fraction of sp³-hybridized carbons (Fsp3) is 0.0833. The number of aromatic nitrogens is 1. The van der Waals surface area contributed by atoms with E-state index in [1.807, 2.05) is 6.92 Å². The first-order valence-corrected chi connectivity index (χ1v) is 5.94. The topological polar surface area (TPSA) is 22.1 Å². The predicted molar refractivity (Wildman–Crippen MR) is 70.5 cm³/mol. The van der Waals surface area contributed by atoms with E-state index < -0.39 is 0 Å². The highest BCUT2D eigenvalue weighted by atomic mass is 35.5. The summed E-state index contributed by atoms with van der Waals surface area (Å²) in [4.78, 5) is 3.99. The Balaban J connectivity index is 2.28. The third-order valence-corrected chi connectivity index (χ3v) is 3.04. The van der Waals surface area contributed by atoms with E-state index in [1.54, 1.807) is 30.5 Å². The van der Waals surface area contributed by atoms with Crippen LogP contribution in [-0.2, 0) is 0 Å². The van der Waals surface area contributed by atoms with Gasteiger partial charge in [0.15, 0.2) is 0 Å². The maximum atomic E-state index is 5.99. The Kier molecular flexibility index (Phi) is 3.77. The number of nitrogens with zero attached hydrogens (tertiary/aromatic N) is 1. The van der Waals surface area contributed by atoms with Gasteiger partial charge in [-0.25, -0.2) is 4.98 Å². The summed E-state index contributed by atoms with van der Waals surface area (Å²) in [6, 6.07) is 6.82. The summed E-state index contributed by atoms with van der Waals surface area (Å²) in [6.07, 6.45) is 1.54. The molecule has 1 aromatic heterocycles. The van der Waals surface area contributed by atoms with Crippen molar-refractivity contribution in [2.75, 3.05) is 0 Å². The van der Waals surface area contributed by atoms with Crippen LogP contribution in [0, 0.1) is 6.92 Å². The van der Waals surface area contributed by atoms with Crippen LogP contribution in [0.3, 0.4) is 0 Å². The van der Waals surface area contributed by atoms with Gasteiger partial charge >= 0.3 is 0 Å². The monoisotopic (exact) mass is 287 g/mol. The van der Waals surface area contributed by atoms with Crippen molar-refractivity contribution in [1.29, 1.82) is 0 Å². The molecular weight excluding hydrogens is 280 g/mol. The van der Waals surface area contributed by atoms with E-state index in [4.69, 9.17) is 39.5 Å². The van der Waals surface area contributed by atoms with Gasteiger partial charge in [0.2, 0.25) is 0 Å². The van der Waals surface area contributed by atoms with Crippen molar-refractivity contribution in [2.45, 2.75) is 6.92 Å². The summed E-state index contributed by atoms with van der Waals surface area (Å²) in [5.41, 5.74) is 0.842. The Morgan fingerprint density at radius 1 is 1.12 bits per heavy atom. The average Bonchev–Trinajstić information content (AvgIpc) is 2.27. The maximum Gasteiger partial charge on any atom is 0.146 e. The Morgan fingerprint density at radius 2 is 1.88 bits per heavy atom. The first-order valence-electron chi connectivity index (χ1n) is 4.81. The smallest absolute Gasteiger partial charge is 0.146 e. The number of hydrogen-bond donors (Lipinski definition) is 0. The third-order valence-electron chi connectivity index (χ3n) is 2.11. The minimum absolute atomic E-state index is 0.449. The van der Waals surface area contributed by atoms with Crippen LogP contribution in [0.1, 0.15) is 5.56 Å². The molecule has 0 aliphatic rings. The summed E-state index contributed by atoms with van der Waals surface area (Å²) in [7, 11) is 0. The molecule has 88 valence electrons. The van der Waals surface area contributed by atoms with Gasteiger partial charge in [0.1, 0.15) is 16.7 Å². The molecule has 2 rings (SSSR count). The molecule has 0 N–H and O–H groups in total. The largest absolute Gasteiger partial charge is 0.454 e. The highest BCUT2D eigenvalue weighted by Crippen LogP contribution is 2.32. The second-order valence-electron chi connectivity index (χ2n) is 3.46. The summed E-state index contributed by atoms with van der Waals surface area (Å²) < 4.78 is 5.59. The average molecular weight is 289 g/mol. The van der Waals surface area contributed by atoms with Crippen LogP contribution in [0.15, 0.2) is 30.5 Å². The molecule has 2 nitrogen and oxygen atoms in total. The normalized spacial score (nSPS) is 10.4. The number of rotatable bonds is 2. The zero-order valence-electron chi connectivity index (χ0n) is 8.88.